The highest BCUT2D eigenvalue weighted by atomic mass is 32.2. The highest BCUT2D eigenvalue weighted by Gasteiger charge is 2.20. The third kappa shape index (κ3) is 13.6. The molecule has 1 atom stereocenters. The van der Waals surface area contributed by atoms with E-state index in [1.165, 1.54) is 81.5 Å². The number of hydrogen-bond acceptors (Lipinski definition) is 4. The Balaban J connectivity index is 0.00000159. The number of rotatable bonds is 18. The summed E-state index contributed by atoms with van der Waals surface area (Å²) < 4.78 is 1.71. The zero-order valence-electron chi connectivity index (χ0n) is 22.8. The van der Waals surface area contributed by atoms with Crippen LogP contribution in [-0.2, 0) is 13.5 Å². The lowest BCUT2D eigenvalue weighted by molar-refractivity contribution is 0.0685. The predicted molar refractivity (Wildman–Crippen MR) is 151 cm³/mol. The van der Waals surface area contributed by atoms with Crippen molar-refractivity contribution in [3.8, 4) is 0 Å². The maximum absolute atomic E-state index is 11.4. The lowest BCUT2D eigenvalue weighted by Crippen LogP contribution is -2.06. The Kier molecular flexibility index (Phi) is 17.2. The molecular weight excluding hydrogens is 488 g/mol. The van der Waals surface area contributed by atoms with E-state index in [1.54, 1.807) is 23.4 Å². The number of nitrogens with zero attached hydrogens (tertiary/aromatic N) is 2. The molecule has 3 N–H and O–H groups in total. The zero-order valence-corrected chi connectivity index (χ0v) is 23.6. The number of aryl methyl sites for hydroxylation is 1. The van der Waals surface area contributed by atoms with E-state index in [0.717, 1.165) is 30.8 Å². The number of imidazole rings is 1. The average molecular weight is 535 g/mol. The molecular formula is C29H46N2O5S. The SMILES string of the molecule is CCCCCCCCCCCCc1ccccc1C(CCCC)Sc1ncc(C(=O)O)n1C.O=C(O)O. The fraction of sp³-hybridized carbons (Fsp3) is 0.621. The van der Waals surface area contributed by atoms with E-state index < -0.39 is 12.1 Å². The van der Waals surface area contributed by atoms with Gasteiger partial charge in [-0.2, -0.15) is 0 Å². The summed E-state index contributed by atoms with van der Waals surface area (Å²) in [5.41, 5.74) is 3.08. The molecule has 7 nitrogen and oxygen atoms in total. The molecule has 2 aromatic rings. The van der Waals surface area contributed by atoms with Crippen molar-refractivity contribution < 1.29 is 24.9 Å². The molecule has 1 aromatic heterocycles. The smallest absolute Gasteiger partial charge is 0.477 e. The molecule has 0 radical (unpaired) electrons. The molecule has 8 heteroatoms. The number of carbonyl (C=O) groups is 2. The summed E-state index contributed by atoms with van der Waals surface area (Å²) in [4.78, 5) is 24.4. The minimum atomic E-state index is -1.83. The maximum atomic E-state index is 11.4. The van der Waals surface area contributed by atoms with Crippen LogP contribution < -0.4 is 0 Å². The average Bonchev–Trinajstić information content (AvgIpc) is 3.23. The van der Waals surface area contributed by atoms with Crippen molar-refractivity contribution in [3.05, 3.63) is 47.3 Å². The van der Waals surface area contributed by atoms with Crippen molar-refractivity contribution in [2.24, 2.45) is 7.05 Å². The number of carboxylic acid groups (broad SMARTS) is 3. The Bertz CT molecular complexity index is 911. The summed E-state index contributed by atoms with van der Waals surface area (Å²) in [6.45, 7) is 4.50. The summed E-state index contributed by atoms with van der Waals surface area (Å²) in [6, 6.07) is 8.83. The number of thioether (sulfide) groups is 1. The molecule has 0 aliphatic carbocycles. The van der Waals surface area contributed by atoms with Gasteiger partial charge in [-0.15, -0.1) is 0 Å². The minimum Gasteiger partial charge on any atom is -0.477 e. The molecule has 0 fully saturated rings. The largest absolute Gasteiger partial charge is 0.503 e. The van der Waals surface area contributed by atoms with Gasteiger partial charge in [-0.1, -0.05) is 121 Å². The highest BCUT2D eigenvalue weighted by molar-refractivity contribution is 7.99. The summed E-state index contributed by atoms with van der Waals surface area (Å²) in [5.74, 6) is -0.927. The molecule has 208 valence electrons. The van der Waals surface area contributed by atoms with Crippen molar-refractivity contribution in [2.45, 2.75) is 114 Å². The van der Waals surface area contributed by atoms with Crippen LogP contribution in [0.5, 0.6) is 0 Å². The summed E-state index contributed by atoms with van der Waals surface area (Å²) in [7, 11) is 1.80. The van der Waals surface area contributed by atoms with Gasteiger partial charge in [0.15, 0.2) is 5.16 Å². The summed E-state index contributed by atoms with van der Waals surface area (Å²) in [6.07, 6.45) is 17.7. The van der Waals surface area contributed by atoms with Gasteiger partial charge in [0.05, 0.1) is 6.20 Å². The number of hydrogen-bond donors (Lipinski definition) is 3. The fourth-order valence-corrected chi connectivity index (χ4v) is 5.64. The van der Waals surface area contributed by atoms with E-state index in [1.807, 2.05) is 0 Å². The van der Waals surface area contributed by atoms with Crippen molar-refractivity contribution in [1.82, 2.24) is 9.55 Å². The summed E-state index contributed by atoms with van der Waals surface area (Å²) >= 11 is 1.71. The van der Waals surface area contributed by atoms with Crippen LogP contribution in [0.15, 0.2) is 35.6 Å². The van der Waals surface area contributed by atoms with Gasteiger partial charge < -0.3 is 19.9 Å². The molecule has 0 aliphatic rings. The van der Waals surface area contributed by atoms with Crippen LogP contribution in [0.2, 0.25) is 0 Å². The Hall–Kier alpha value is -2.48. The molecule has 0 amide bonds. The van der Waals surface area contributed by atoms with Crippen LogP contribution in [0.3, 0.4) is 0 Å². The lowest BCUT2D eigenvalue weighted by Gasteiger charge is -2.20. The van der Waals surface area contributed by atoms with E-state index in [9.17, 15) is 9.90 Å². The van der Waals surface area contributed by atoms with Gasteiger partial charge in [0, 0.05) is 12.3 Å². The predicted octanol–water partition coefficient (Wildman–Crippen LogP) is 8.83. The van der Waals surface area contributed by atoms with Gasteiger partial charge in [0.25, 0.3) is 0 Å². The van der Waals surface area contributed by atoms with Crippen LogP contribution in [0.25, 0.3) is 0 Å². The number of benzene rings is 1. The molecule has 1 heterocycles. The van der Waals surface area contributed by atoms with E-state index in [-0.39, 0.29) is 5.69 Å². The zero-order chi connectivity index (χ0) is 27.5. The van der Waals surface area contributed by atoms with Gasteiger partial charge in [0.2, 0.25) is 0 Å². The van der Waals surface area contributed by atoms with E-state index in [2.05, 4.69) is 43.1 Å². The van der Waals surface area contributed by atoms with E-state index >= 15 is 0 Å². The van der Waals surface area contributed by atoms with Crippen LogP contribution >= 0.6 is 11.8 Å². The van der Waals surface area contributed by atoms with Gasteiger partial charge in [0.1, 0.15) is 5.69 Å². The first-order valence-electron chi connectivity index (χ1n) is 13.7. The van der Waals surface area contributed by atoms with Gasteiger partial charge in [-0.3, -0.25) is 0 Å². The second-order valence-electron chi connectivity index (χ2n) is 9.45. The Morgan fingerprint density at radius 2 is 1.41 bits per heavy atom. The number of aromatic carboxylic acids is 1. The Labute approximate surface area is 226 Å². The highest BCUT2D eigenvalue weighted by Crippen LogP contribution is 2.40. The van der Waals surface area contributed by atoms with Gasteiger partial charge in [-0.25, -0.2) is 14.6 Å². The first-order chi connectivity index (χ1) is 17.8. The van der Waals surface area contributed by atoms with E-state index in [4.69, 9.17) is 15.0 Å². The topological polar surface area (TPSA) is 113 Å². The number of carboxylic acids is 1. The normalized spacial score (nSPS) is 11.5. The second kappa shape index (κ2) is 19.6. The van der Waals surface area contributed by atoms with Crippen LogP contribution in [-0.4, -0.2) is 37.0 Å². The monoisotopic (exact) mass is 534 g/mol. The third-order valence-corrected chi connectivity index (χ3v) is 7.80. The Morgan fingerprint density at radius 1 is 0.865 bits per heavy atom. The fourth-order valence-electron chi connectivity index (χ4n) is 4.37. The lowest BCUT2D eigenvalue weighted by atomic mass is 9.96. The molecule has 0 aliphatic heterocycles. The van der Waals surface area contributed by atoms with Crippen molar-refractivity contribution in [2.75, 3.05) is 0 Å². The first-order valence-corrected chi connectivity index (χ1v) is 14.6. The Morgan fingerprint density at radius 3 is 1.95 bits per heavy atom. The minimum absolute atomic E-state index is 0.241. The number of aromatic nitrogens is 2. The van der Waals surface area contributed by atoms with E-state index in [0.29, 0.717) is 5.25 Å². The standard InChI is InChI=1S/C28H44N2O2S.CH2O3/c1-4-6-8-9-10-11-12-13-14-15-18-23-19-16-17-20-24(23)26(21-7-5-2)33-28-29-22-25(27(31)32)30(28)3;2-1(3)4/h16-17,19-20,22,26H,4-15,18,21H2,1-3H3,(H,31,32);(H2,2,3,4). The van der Waals surface area contributed by atoms with Crippen LogP contribution in [0.1, 0.15) is 124 Å². The molecule has 1 aromatic carbocycles. The van der Waals surface area contributed by atoms with Crippen molar-refractivity contribution in [1.29, 1.82) is 0 Å². The third-order valence-electron chi connectivity index (χ3n) is 6.43. The molecule has 37 heavy (non-hydrogen) atoms. The maximum Gasteiger partial charge on any atom is 0.503 e. The van der Waals surface area contributed by atoms with Crippen LogP contribution in [0, 0.1) is 0 Å². The molecule has 0 saturated carbocycles. The van der Waals surface area contributed by atoms with Crippen LogP contribution in [0.4, 0.5) is 4.79 Å². The van der Waals surface area contributed by atoms with Crippen molar-refractivity contribution in [3.63, 3.8) is 0 Å². The summed E-state index contributed by atoms with van der Waals surface area (Å²) in [5, 5.41) is 24.4. The van der Waals surface area contributed by atoms with Gasteiger partial charge >= 0.3 is 12.1 Å². The number of unbranched alkanes of at least 4 members (excludes halogenated alkanes) is 10. The molecule has 1 unspecified atom stereocenters. The second-order valence-corrected chi connectivity index (χ2v) is 10.6. The van der Waals surface area contributed by atoms with Crippen molar-refractivity contribution >= 4 is 23.9 Å². The molecule has 0 saturated heterocycles. The quantitative estimate of drug-likeness (QED) is 0.129. The first kappa shape index (κ1) is 32.5. The molecule has 0 spiro atoms. The molecule has 0 bridgehead atoms. The molecule has 2 rings (SSSR count). The van der Waals surface area contributed by atoms with Gasteiger partial charge in [-0.05, 0) is 30.4 Å².